The minimum absolute atomic E-state index is 0.0107. The van der Waals surface area contributed by atoms with E-state index in [-0.39, 0.29) is 57.2 Å². The van der Waals surface area contributed by atoms with Gasteiger partial charge in [0.25, 0.3) is 5.56 Å². The number of aromatic nitrogens is 2. The molecule has 2 aromatic heterocycles. The Kier molecular flexibility index (Phi) is 8.44. The van der Waals surface area contributed by atoms with Crippen LogP contribution in [0, 0.1) is 12.7 Å². The molecule has 3 aromatic rings. The Labute approximate surface area is 267 Å². The molecular weight excluding hydrogens is 617 g/mol. The maximum absolute atomic E-state index is 15.1. The van der Waals surface area contributed by atoms with Gasteiger partial charge in [0, 0.05) is 22.6 Å². The highest BCUT2D eigenvalue weighted by Gasteiger charge is 2.46. The normalized spacial score (nSPS) is 18.9. The largest absolute Gasteiger partial charge is 0.458 e. The average molecular weight is 652 g/mol. The van der Waals surface area contributed by atoms with Crippen molar-refractivity contribution in [3.63, 3.8) is 0 Å². The number of amides is 3. The van der Waals surface area contributed by atoms with Crippen LogP contribution >= 0.6 is 0 Å². The van der Waals surface area contributed by atoms with Crippen molar-refractivity contribution < 1.29 is 42.9 Å². The van der Waals surface area contributed by atoms with Gasteiger partial charge in [0.1, 0.15) is 32.3 Å². The topological polar surface area (TPSA) is 187 Å². The number of nitrogens with one attached hydrogen (secondary N) is 3. The van der Waals surface area contributed by atoms with Crippen LogP contribution in [0.1, 0.15) is 66.1 Å². The van der Waals surface area contributed by atoms with Crippen LogP contribution in [0.4, 0.5) is 9.18 Å². The first-order chi connectivity index (χ1) is 22.5. The smallest absolute Gasteiger partial charge is 0.407 e. The number of cyclic esters (lactones) is 1. The second kappa shape index (κ2) is 12.4. The van der Waals surface area contributed by atoms with Crippen molar-refractivity contribution >= 4 is 34.8 Å². The number of pyridine rings is 2. The van der Waals surface area contributed by atoms with Gasteiger partial charge in [-0.3, -0.25) is 14.4 Å². The standard InChI is InChI=1S/C32H34FN5O9/c1-4-32(44)19-8-23-28-17(11-38(23)29(41)18(19)12-47-30(32)42)27-21(7-6-16-15(3)20(33)9-22(37-28)26(16)27)36-25(40)13-45-14-35-24(39)10-34-31(43)46-5-2/h8-9,21,44H,4-7,10-14H2,1-3H3,(H,34,43)(H,35,39)(H,36,40)/t21-,32-/m0/s1. The van der Waals surface area contributed by atoms with Crippen molar-refractivity contribution in [2.24, 2.45) is 0 Å². The zero-order valence-electron chi connectivity index (χ0n) is 26.1. The first kappa shape index (κ1) is 32.1. The molecule has 47 heavy (non-hydrogen) atoms. The molecule has 248 valence electrons. The summed E-state index contributed by atoms with van der Waals surface area (Å²) in [4.78, 5) is 67.4. The van der Waals surface area contributed by atoms with Crippen molar-refractivity contribution in [3.8, 4) is 11.4 Å². The summed E-state index contributed by atoms with van der Waals surface area (Å²) in [5, 5.41) is 19.6. The number of hydrogen-bond donors (Lipinski definition) is 4. The number of fused-ring (bicyclic) bond motifs is 5. The summed E-state index contributed by atoms with van der Waals surface area (Å²) in [7, 11) is 0. The van der Waals surface area contributed by atoms with Crippen LogP contribution in [0.15, 0.2) is 16.9 Å². The summed E-state index contributed by atoms with van der Waals surface area (Å²) in [6, 6.07) is 2.39. The molecule has 0 fully saturated rings. The fourth-order valence-corrected chi connectivity index (χ4v) is 6.61. The van der Waals surface area contributed by atoms with Crippen LogP contribution < -0.4 is 21.5 Å². The minimum Gasteiger partial charge on any atom is -0.458 e. The number of benzene rings is 1. The monoisotopic (exact) mass is 651 g/mol. The Morgan fingerprint density at radius 3 is 2.68 bits per heavy atom. The van der Waals surface area contributed by atoms with E-state index in [1.807, 2.05) is 0 Å². The number of carbonyl (C=O) groups is 4. The highest BCUT2D eigenvalue weighted by molar-refractivity contribution is 5.94. The summed E-state index contributed by atoms with van der Waals surface area (Å²) < 4.78 is 31.8. The van der Waals surface area contributed by atoms with Gasteiger partial charge in [0.05, 0.1) is 41.7 Å². The van der Waals surface area contributed by atoms with Gasteiger partial charge in [0.2, 0.25) is 11.8 Å². The van der Waals surface area contributed by atoms with Gasteiger partial charge in [-0.05, 0) is 55.9 Å². The third-order valence-electron chi connectivity index (χ3n) is 8.99. The number of carbonyl (C=O) groups excluding carboxylic acids is 4. The summed E-state index contributed by atoms with van der Waals surface area (Å²) >= 11 is 0. The maximum Gasteiger partial charge on any atom is 0.407 e. The second-order valence-electron chi connectivity index (χ2n) is 11.6. The van der Waals surface area contributed by atoms with Gasteiger partial charge in [-0.25, -0.2) is 19.0 Å². The summed E-state index contributed by atoms with van der Waals surface area (Å²) in [6.07, 6.45) is 0.159. The molecule has 1 aliphatic carbocycles. The Hall–Kier alpha value is -4.89. The van der Waals surface area contributed by atoms with Crippen LogP contribution in [-0.4, -0.2) is 65.0 Å². The molecule has 2 aliphatic heterocycles. The molecule has 3 aliphatic rings. The Balaban J connectivity index is 1.29. The van der Waals surface area contributed by atoms with Crippen LogP contribution in [0.2, 0.25) is 0 Å². The molecule has 0 saturated carbocycles. The van der Waals surface area contributed by atoms with E-state index in [4.69, 9.17) is 14.5 Å². The molecule has 15 heteroatoms. The van der Waals surface area contributed by atoms with E-state index in [1.165, 1.54) is 10.6 Å². The lowest BCUT2D eigenvalue weighted by molar-refractivity contribution is -0.172. The summed E-state index contributed by atoms with van der Waals surface area (Å²) in [5.41, 5.74) is 1.67. The van der Waals surface area contributed by atoms with Crippen LogP contribution in [-0.2, 0) is 53.8 Å². The van der Waals surface area contributed by atoms with Gasteiger partial charge in [-0.1, -0.05) is 6.92 Å². The molecule has 4 heterocycles. The van der Waals surface area contributed by atoms with Crippen molar-refractivity contribution in [1.29, 1.82) is 0 Å². The lowest BCUT2D eigenvalue weighted by Crippen LogP contribution is -2.44. The lowest BCUT2D eigenvalue weighted by Gasteiger charge is -2.31. The van der Waals surface area contributed by atoms with Gasteiger partial charge >= 0.3 is 12.1 Å². The molecule has 3 amide bonds. The Morgan fingerprint density at radius 2 is 1.94 bits per heavy atom. The van der Waals surface area contributed by atoms with Gasteiger partial charge in [-0.15, -0.1) is 0 Å². The van der Waals surface area contributed by atoms with Gasteiger partial charge in [0.15, 0.2) is 5.60 Å². The van der Waals surface area contributed by atoms with Crippen molar-refractivity contribution in [1.82, 2.24) is 25.5 Å². The molecule has 1 aromatic carbocycles. The van der Waals surface area contributed by atoms with E-state index >= 15 is 4.39 Å². The first-order valence-electron chi connectivity index (χ1n) is 15.3. The quantitative estimate of drug-likeness (QED) is 0.117. The molecule has 0 unspecified atom stereocenters. The molecule has 4 N–H and O–H groups in total. The van der Waals surface area contributed by atoms with Gasteiger partial charge < -0.3 is 39.8 Å². The minimum atomic E-state index is -2.00. The van der Waals surface area contributed by atoms with E-state index < -0.39 is 46.9 Å². The number of ether oxygens (including phenoxy) is 3. The number of aliphatic hydroxyl groups is 1. The predicted octanol–water partition coefficient (Wildman–Crippen LogP) is 1.47. The zero-order valence-corrected chi connectivity index (χ0v) is 26.1. The van der Waals surface area contributed by atoms with Gasteiger partial charge in [-0.2, -0.15) is 0 Å². The number of hydrogen-bond acceptors (Lipinski definition) is 10. The van der Waals surface area contributed by atoms with Crippen molar-refractivity contribution in [2.75, 3.05) is 26.5 Å². The number of esters is 1. The Bertz CT molecular complexity index is 1910. The van der Waals surface area contributed by atoms with E-state index in [0.29, 0.717) is 51.8 Å². The molecule has 0 radical (unpaired) electrons. The molecule has 0 bridgehead atoms. The Morgan fingerprint density at radius 1 is 1.15 bits per heavy atom. The second-order valence-corrected chi connectivity index (χ2v) is 11.6. The molecule has 6 rings (SSSR count). The molecular formula is C32H34FN5O9. The molecule has 14 nitrogen and oxygen atoms in total. The highest BCUT2D eigenvalue weighted by Crippen LogP contribution is 2.45. The van der Waals surface area contributed by atoms with E-state index in [0.717, 1.165) is 5.56 Å². The number of rotatable bonds is 9. The average Bonchev–Trinajstić information content (AvgIpc) is 3.42. The third-order valence-corrected chi connectivity index (χ3v) is 8.99. The zero-order chi connectivity index (χ0) is 33.6. The number of halogens is 1. The maximum atomic E-state index is 15.1. The van der Waals surface area contributed by atoms with Crippen LogP contribution in [0.25, 0.3) is 22.3 Å². The summed E-state index contributed by atoms with van der Waals surface area (Å²) in [5.74, 6) is -2.27. The SMILES string of the molecule is CCOC(=O)NCC(=O)NCOCC(=O)N[C@H]1CCc2c(C)c(F)cc3nc4c(c1c23)Cn1c-4cc2c(c1=O)COC(=O)[C@]2(O)CC. The van der Waals surface area contributed by atoms with Crippen molar-refractivity contribution in [3.05, 3.63) is 61.7 Å². The van der Waals surface area contributed by atoms with Crippen LogP contribution in [0.3, 0.4) is 0 Å². The van der Waals surface area contributed by atoms with Crippen LogP contribution in [0.5, 0.6) is 0 Å². The fraction of sp³-hybridized carbons (Fsp3) is 0.438. The van der Waals surface area contributed by atoms with E-state index in [2.05, 4.69) is 20.7 Å². The predicted molar refractivity (Wildman–Crippen MR) is 162 cm³/mol. The van der Waals surface area contributed by atoms with Crippen molar-refractivity contribution in [2.45, 2.75) is 64.8 Å². The number of aryl methyl sites for hydroxylation is 1. The van der Waals surface area contributed by atoms with E-state index in [1.54, 1.807) is 26.8 Å². The summed E-state index contributed by atoms with van der Waals surface area (Å²) in [6.45, 7) is 3.95. The lowest BCUT2D eigenvalue weighted by atomic mass is 9.81. The fourth-order valence-electron chi connectivity index (χ4n) is 6.61. The molecule has 0 saturated heterocycles. The highest BCUT2D eigenvalue weighted by atomic mass is 19.1. The molecule has 0 spiro atoms. The first-order valence-corrected chi connectivity index (χ1v) is 15.3. The molecule has 2 atom stereocenters. The number of nitrogens with zero attached hydrogens (tertiary/aromatic N) is 2. The number of alkyl carbamates (subject to hydrolysis) is 1. The van der Waals surface area contributed by atoms with E-state index in [9.17, 15) is 29.1 Å². The third kappa shape index (κ3) is 5.48.